The van der Waals surface area contributed by atoms with Crippen LogP contribution in [0.15, 0.2) is 53.4 Å². The van der Waals surface area contributed by atoms with Crippen LogP contribution in [-0.4, -0.2) is 44.8 Å². The van der Waals surface area contributed by atoms with E-state index in [0.717, 1.165) is 18.4 Å². The molecule has 2 aromatic carbocycles. The number of carbonyl (C=O) groups excluding carboxylic acids is 2. The molecule has 8 heteroatoms. The molecule has 1 fully saturated rings. The average Bonchev–Trinajstić information content (AvgIpc) is 2.81. The van der Waals surface area contributed by atoms with Crippen molar-refractivity contribution in [1.29, 1.82) is 0 Å². The van der Waals surface area contributed by atoms with Crippen molar-refractivity contribution >= 4 is 27.5 Å². The molecule has 0 aliphatic carbocycles. The molecule has 0 saturated carbocycles. The third kappa shape index (κ3) is 7.07. The molecule has 1 heterocycles. The van der Waals surface area contributed by atoms with Crippen molar-refractivity contribution in [3.63, 3.8) is 0 Å². The van der Waals surface area contributed by atoms with Crippen LogP contribution in [-0.2, 0) is 20.2 Å². The zero-order valence-corrected chi connectivity index (χ0v) is 22.1. The number of sulfonamides is 1. The molecule has 2 aromatic rings. The van der Waals surface area contributed by atoms with Crippen LogP contribution in [0.2, 0.25) is 0 Å². The number of carbonyl (C=O) groups is 2. The minimum atomic E-state index is -3.80. The van der Waals surface area contributed by atoms with Crippen molar-refractivity contribution in [3.05, 3.63) is 59.7 Å². The van der Waals surface area contributed by atoms with E-state index in [1.165, 1.54) is 0 Å². The Bertz CT molecular complexity index is 1150. The van der Waals surface area contributed by atoms with Crippen LogP contribution in [0.3, 0.4) is 0 Å². The molecule has 2 N–H and O–H groups in total. The molecule has 1 aliphatic rings. The summed E-state index contributed by atoms with van der Waals surface area (Å²) in [5, 5.41) is 2.96. The predicted molar refractivity (Wildman–Crippen MR) is 139 cm³/mol. The number of hydrogen-bond donors (Lipinski definition) is 2. The van der Waals surface area contributed by atoms with Crippen molar-refractivity contribution in [3.8, 4) is 0 Å². The monoisotopic (exact) mass is 499 g/mol. The quantitative estimate of drug-likeness (QED) is 0.590. The lowest BCUT2D eigenvalue weighted by atomic mass is 9.87. The molecule has 3 rings (SSSR count). The molecular formula is C27H37N3O4S. The number of hydrogen-bond acceptors (Lipinski definition) is 4. The number of amides is 2. The summed E-state index contributed by atoms with van der Waals surface area (Å²) < 4.78 is 28.4. The summed E-state index contributed by atoms with van der Waals surface area (Å²) in [6.45, 7) is 11.8. The lowest BCUT2D eigenvalue weighted by Crippen LogP contribution is -2.46. The largest absolute Gasteiger partial charge is 0.356 e. The van der Waals surface area contributed by atoms with Crippen LogP contribution in [0.1, 0.15) is 63.4 Å². The fraction of sp³-hybridized carbons (Fsp3) is 0.481. The molecule has 0 unspecified atom stereocenters. The van der Waals surface area contributed by atoms with Crippen LogP contribution in [0.25, 0.3) is 0 Å². The van der Waals surface area contributed by atoms with Crippen LogP contribution in [0, 0.1) is 11.8 Å². The van der Waals surface area contributed by atoms with Crippen molar-refractivity contribution in [2.75, 3.05) is 24.4 Å². The number of likely N-dealkylation sites (tertiary alicyclic amines) is 1. The van der Waals surface area contributed by atoms with Gasteiger partial charge in [0.05, 0.1) is 10.8 Å². The van der Waals surface area contributed by atoms with E-state index in [4.69, 9.17) is 0 Å². The highest BCUT2D eigenvalue weighted by Crippen LogP contribution is 2.25. The first-order chi connectivity index (χ1) is 16.4. The van der Waals surface area contributed by atoms with Gasteiger partial charge in [-0.1, -0.05) is 52.8 Å². The fourth-order valence-electron chi connectivity index (χ4n) is 4.07. The van der Waals surface area contributed by atoms with Crippen LogP contribution < -0.4 is 10.0 Å². The van der Waals surface area contributed by atoms with Gasteiger partial charge >= 0.3 is 0 Å². The Labute approximate surface area is 209 Å². The number of benzene rings is 2. The van der Waals surface area contributed by atoms with Crippen molar-refractivity contribution < 1.29 is 18.0 Å². The van der Waals surface area contributed by atoms with Gasteiger partial charge in [-0.15, -0.1) is 0 Å². The van der Waals surface area contributed by atoms with E-state index in [9.17, 15) is 18.0 Å². The second-order valence-electron chi connectivity index (χ2n) is 10.7. The third-order valence-corrected chi connectivity index (χ3v) is 7.55. The summed E-state index contributed by atoms with van der Waals surface area (Å²) in [5.74, 6) is -0.0930. The molecular weight excluding hydrogens is 462 g/mol. The molecule has 0 bridgehead atoms. The summed E-state index contributed by atoms with van der Waals surface area (Å²) in [6.07, 6.45) is 1.50. The van der Waals surface area contributed by atoms with Gasteiger partial charge in [0.1, 0.15) is 0 Å². The van der Waals surface area contributed by atoms with E-state index in [1.54, 1.807) is 41.3 Å². The number of anilines is 1. The van der Waals surface area contributed by atoms with Crippen molar-refractivity contribution in [2.45, 2.75) is 57.8 Å². The lowest BCUT2D eigenvalue weighted by Gasteiger charge is -2.32. The summed E-state index contributed by atoms with van der Waals surface area (Å²) in [5.41, 5.74) is 1.67. The Morgan fingerprint density at radius 1 is 1.09 bits per heavy atom. The van der Waals surface area contributed by atoms with Gasteiger partial charge in [0.2, 0.25) is 5.91 Å². The van der Waals surface area contributed by atoms with Gasteiger partial charge in [0, 0.05) is 30.9 Å². The van der Waals surface area contributed by atoms with Gasteiger partial charge in [0.15, 0.2) is 0 Å². The first-order valence-corrected chi connectivity index (χ1v) is 13.7. The van der Waals surface area contributed by atoms with Crippen LogP contribution >= 0.6 is 0 Å². The molecule has 190 valence electrons. The van der Waals surface area contributed by atoms with E-state index in [-0.39, 0.29) is 28.0 Å². The van der Waals surface area contributed by atoms with E-state index in [2.05, 4.69) is 30.8 Å². The summed E-state index contributed by atoms with van der Waals surface area (Å²) >= 11 is 0. The topological polar surface area (TPSA) is 95.6 Å². The Hall–Kier alpha value is -2.87. The zero-order chi connectivity index (χ0) is 25.8. The molecule has 0 radical (unpaired) electrons. The Morgan fingerprint density at radius 3 is 2.40 bits per heavy atom. The second kappa shape index (κ2) is 10.8. The molecule has 1 aliphatic heterocycles. The van der Waals surface area contributed by atoms with Crippen LogP contribution in [0.5, 0.6) is 0 Å². The number of nitrogens with one attached hydrogen (secondary N) is 2. The normalized spacial score (nSPS) is 16.7. The lowest BCUT2D eigenvalue weighted by molar-refractivity contribution is -0.126. The smallest absolute Gasteiger partial charge is 0.261 e. The maximum absolute atomic E-state index is 13.2. The molecule has 2 amide bonds. The Morgan fingerprint density at radius 2 is 1.77 bits per heavy atom. The predicted octanol–water partition coefficient (Wildman–Crippen LogP) is 4.41. The Balaban J connectivity index is 1.70. The second-order valence-corrected chi connectivity index (χ2v) is 12.4. The van der Waals surface area contributed by atoms with Crippen LogP contribution in [0.4, 0.5) is 5.69 Å². The summed E-state index contributed by atoms with van der Waals surface area (Å²) in [6, 6.07) is 13.3. The minimum Gasteiger partial charge on any atom is -0.356 e. The molecule has 1 saturated heterocycles. The summed E-state index contributed by atoms with van der Waals surface area (Å²) in [7, 11) is -3.80. The first kappa shape index (κ1) is 26.7. The molecule has 1 atom stereocenters. The van der Waals surface area contributed by atoms with Gasteiger partial charge in [0.25, 0.3) is 15.9 Å². The van der Waals surface area contributed by atoms with Crippen molar-refractivity contribution in [1.82, 2.24) is 10.2 Å². The molecule has 35 heavy (non-hydrogen) atoms. The third-order valence-electron chi connectivity index (χ3n) is 6.16. The van der Waals surface area contributed by atoms with Gasteiger partial charge in [-0.05, 0) is 60.1 Å². The molecule has 0 aromatic heterocycles. The highest BCUT2D eigenvalue weighted by molar-refractivity contribution is 7.92. The summed E-state index contributed by atoms with van der Waals surface area (Å²) in [4.78, 5) is 27.5. The van der Waals surface area contributed by atoms with E-state index >= 15 is 0 Å². The van der Waals surface area contributed by atoms with E-state index < -0.39 is 10.0 Å². The van der Waals surface area contributed by atoms with Gasteiger partial charge in [-0.25, -0.2) is 8.42 Å². The Kier molecular flexibility index (Phi) is 8.26. The molecule has 0 spiro atoms. The number of nitrogens with zero attached hydrogens (tertiary/aromatic N) is 1. The van der Waals surface area contributed by atoms with E-state index in [0.29, 0.717) is 36.8 Å². The fourth-order valence-corrected chi connectivity index (χ4v) is 5.12. The first-order valence-electron chi connectivity index (χ1n) is 12.2. The number of rotatable bonds is 7. The maximum Gasteiger partial charge on any atom is 0.261 e. The highest BCUT2D eigenvalue weighted by atomic mass is 32.2. The SMILES string of the molecule is CC(C)CNC(=O)[C@H]1CCCN(C(=O)c2cccc(NS(=O)(=O)c3ccc(C(C)(C)C)cc3)c2)C1. The maximum atomic E-state index is 13.2. The molecule has 7 nitrogen and oxygen atoms in total. The van der Waals surface area contributed by atoms with Gasteiger partial charge in [-0.3, -0.25) is 14.3 Å². The van der Waals surface area contributed by atoms with Crippen molar-refractivity contribution in [2.24, 2.45) is 11.8 Å². The zero-order valence-electron chi connectivity index (χ0n) is 21.3. The minimum absolute atomic E-state index is 0.0183. The standard InChI is InChI=1S/C27H37N3O4S/c1-19(2)17-28-25(31)21-9-7-15-30(18-21)26(32)20-8-6-10-23(16-20)29-35(33,34)24-13-11-22(12-14-24)27(3,4)5/h6,8,10-14,16,19,21,29H,7,9,15,17-18H2,1-5H3,(H,28,31)/t21-/m0/s1. The van der Waals surface area contributed by atoms with Gasteiger partial charge < -0.3 is 10.2 Å². The average molecular weight is 500 g/mol. The van der Waals surface area contributed by atoms with Gasteiger partial charge in [-0.2, -0.15) is 0 Å². The highest BCUT2D eigenvalue weighted by Gasteiger charge is 2.29. The van der Waals surface area contributed by atoms with E-state index in [1.807, 2.05) is 26.0 Å². The number of piperidine rings is 1.